The molecule has 0 atom stereocenters. The topological polar surface area (TPSA) is 74.2 Å². The minimum atomic E-state index is -2.84. The Morgan fingerprint density at radius 3 is 2.56 bits per heavy atom. The first-order chi connectivity index (χ1) is 17.4. The fourth-order valence-corrected chi connectivity index (χ4v) is 5.47. The number of ether oxygens (including phenoxy) is 2. The summed E-state index contributed by atoms with van der Waals surface area (Å²) in [5.41, 5.74) is 7.88. The standard InChI is InChI=1S/C29H34N2O4S/c1-36(32,33)30-25-7-4-5-22(19-25)20-29-27-8-3-2-6-23(27)9-10-24-21-26(11-12-28(24)29)35-18-15-31-13-16-34-17-14-31/h2-8,11-12,19-21,30,32-33H,9-10,13-18H2,1H3. The molecule has 1 aliphatic carbocycles. The lowest BCUT2D eigenvalue weighted by atomic mass is 9.92. The highest BCUT2D eigenvalue weighted by Crippen LogP contribution is 2.38. The molecular weight excluding hydrogens is 472 g/mol. The van der Waals surface area contributed by atoms with Crippen LogP contribution in [0.4, 0.5) is 5.69 Å². The number of morpholine rings is 1. The molecule has 2 aliphatic rings. The maximum atomic E-state index is 9.83. The molecule has 1 aliphatic heterocycles. The highest BCUT2D eigenvalue weighted by Gasteiger charge is 2.19. The summed E-state index contributed by atoms with van der Waals surface area (Å²) in [5, 5.41) is 0. The van der Waals surface area contributed by atoms with Crippen molar-refractivity contribution in [1.29, 1.82) is 0 Å². The molecule has 1 fully saturated rings. The van der Waals surface area contributed by atoms with E-state index < -0.39 is 10.8 Å². The molecular formula is C29H34N2O4S. The van der Waals surface area contributed by atoms with Crippen LogP contribution in [0, 0.1) is 0 Å². The first kappa shape index (κ1) is 24.9. The summed E-state index contributed by atoms with van der Waals surface area (Å²) >= 11 is 0. The van der Waals surface area contributed by atoms with E-state index in [1.54, 1.807) is 0 Å². The van der Waals surface area contributed by atoms with E-state index in [1.165, 1.54) is 34.1 Å². The lowest BCUT2D eigenvalue weighted by molar-refractivity contribution is 0.0322. The largest absolute Gasteiger partial charge is 0.492 e. The molecule has 0 radical (unpaired) electrons. The molecule has 6 nitrogen and oxygen atoms in total. The van der Waals surface area contributed by atoms with Crippen LogP contribution in [-0.2, 0) is 17.6 Å². The van der Waals surface area contributed by atoms with E-state index in [9.17, 15) is 9.11 Å². The van der Waals surface area contributed by atoms with E-state index >= 15 is 0 Å². The van der Waals surface area contributed by atoms with Crippen molar-refractivity contribution in [1.82, 2.24) is 4.90 Å². The Bertz CT molecular complexity index is 1230. The second kappa shape index (κ2) is 11.1. The SMILES string of the molecule is CS(O)(O)Nc1cccc(C=C2c3ccccc3CCc3cc(OCCN4CCOCC4)ccc32)c1. The van der Waals surface area contributed by atoms with Crippen molar-refractivity contribution >= 4 is 28.1 Å². The number of aryl methyl sites for hydroxylation is 2. The quantitative estimate of drug-likeness (QED) is 0.377. The van der Waals surface area contributed by atoms with Gasteiger partial charge in [-0.15, -0.1) is 10.8 Å². The van der Waals surface area contributed by atoms with Crippen LogP contribution in [0.15, 0.2) is 66.7 Å². The third kappa shape index (κ3) is 6.30. The van der Waals surface area contributed by atoms with Gasteiger partial charge in [-0.1, -0.05) is 42.5 Å². The van der Waals surface area contributed by atoms with Gasteiger partial charge in [-0.25, -0.2) is 0 Å². The number of fused-ring (bicyclic) bond motifs is 2. The van der Waals surface area contributed by atoms with E-state index in [2.05, 4.69) is 58.2 Å². The lowest BCUT2D eigenvalue weighted by Gasteiger charge is -2.28. The van der Waals surface area contributed by atoms with Crippen molar-refractivity contribution in [2.75, 3.05) is 50.4 Å². The van der Waals surface area contributed by atoms with E-state index in [0.717, 1.165) is 57.0 Å². The second-order valence-electron chi connectivity index (χ2n) is 9.40. The summed E-state index contributed by atoms with van der Waals surface area (Å²) < 4.78 is 34.1. The highest BCUT2D eigenvalue weighted by molar-refractivity contribution is 8.24. The van der Waals surface area contributed by atoms with E-state index in [4.69, 9.17) is 9.47 Å². The first-order valence-electron chi connectivity index (χ1n) is 12.4. The molecule has 3 N–H and O–H groups in total. The smallest absolute Gasteiger partial charge is 0.119 e. The Balaban J connectivity index is 1.43. The van der Waals surface area contributed by atoms with Crippen LogP contribution in [0.25, 0.3) is 11.6 Å². The Labute approximate surface area is 215 Å². The second-order valence-corrected chi connectivity index (χ2v) is 11.3. The normalized spacial score (nSPS) is 17.7. The summed E-state index contributed by atoms with van der Waals surface area (Å²) in [4.78, 5) is 2.38. The van der Waals surface area contributed by atoms with E-state index in [-0.39, 0.29) is 0 Å². The molecule has 1 saturated heterocycles. The van der Waals surface area contributed by atoms with Gasteiger partial charge in [0, 0.05) is 25.9 Å². The van der Waals surface area contributed by atoms with Crippen molar-refractivity contribution in [3.05, 3.63) is 94.5 Å². The van der Waals surface area contributed by atoms with Crippen LogP contribution >= 0.6 is 10.8 Å². The van der Waals surface area contributed by atoms with Gasteiger partial charge in [-0.05, 0) is 76.6 Å². The van der Waals surface area contributed by atoms with Gasteiger partial charge in [0.2, 0.25) is 0 Å². The van der Waals surface area contributed by atoms with Crippen molar-refractivity contribution in [3.63, 3.8) is 0 Å². The maximum Gasteiger partial charge on any atom is 0.119 e. The van der Waals surface area contributed by atoms with Crippen molar-refractivity contribution < 1.29 is 18.6 Å². The predicted octanol–water partition coefficient (Wildman–Crippen LogP) is 5.79. The summed E-state index contributed by atoms with van der Waals surface area (Å²) in [7, 11) is -2.84. The monoisotopic (exact) mass is 506 g/mol. The van der Waals surface area contributed by atoms with Crippen molar-refractivity contribution in [2.45, 2.75) is 12.8 Å². The summed E-state index contributed by atoms with van der Waals surface area (Å²) in [6.07, 6.45) is 5.49. The van der Waals surface area contributed by atoms with Crippen LogP contribution in [-0.4, -0.2) is 59.7 Å². The van der Waals surface area contributed by atoms with Crippen LogP contribution in [0.1, 0.15) is 27.8 Å². The average molecular weight is 507 g/mol. The zero-order chi connectivity index (χ0) is 25.0. The number of nitrogens with one attached hydrogen (secondary N) is 1. The summed E-state index contributed by atoms with van der Waals surface area (Å²) in [6.45, 7) is 5.10. The molecule has 190 valence electrons. The van der Waals surface area contributed by atoms with Gasteiger partial charge in [0.15, 0.2) is 0 Å². The summed E-state index contributed by atoms with van der Waals surface area (Å²) in [5.74, 6) is 0.909. The predicted molar refractivity (Wildman–Crippen MR) is 149 cm³/mol. The van der Waals surface area contributed by atoms with Gasteiger partial charge in [0.1, 0.15) is 12.4 Å². The lowest BCUT2D eigenvalue weighted by Crippen LogP contribution is -2.38. The number of anilines is 1. The summed E-state index contributed by atoms with van der Waals surface area (Å²) in [6, 6.07) is 22.8. The minimum absolute atomic E-state index is 0.665. The first-order valence-corrected chi connectivity index (χ1v) is 14.4. The Hall–Kier alpha value is -2.81. The van der Waals surface area contributed by atoms with Crippen LogP contribution < -0.4 is 9.46 Å². The molecule has 7 heteroatoms. The van der Waals surface area contributed by atoms with Crippen LogP contribution in [0.5, 0.6) is 5.75 Å². The molecule has 0 bridgehead atoms. The molecule has 0 amide bonds. The van der Waals surface area contributed by atoms with Crippen molar-refractivity contribution in [2.24, 2.45) is 0 Å². The Morgan fingerprint density at radius 2 is 1.72 bits per heavy atom. The van der Waals surface area contributed by atoms with E-state index in [1.807, 2.05) is 24.3 Å². The third-order valence-corrected chi connectivity index (χ3v) is 7.25. The molecule has 0 aromatic heterocycles. The molecule has 3 aromatic carbocycles. The highest BCUT2D eigenvalue weighted by atomic mass is 32.3. The van der Waals surface area contributed by atoms with Crippen LogP contribution in [0.2, 0.25) is 0 Å². The number of hydrogen-bond donors (Lipinski definition) is 3. The van der Waals surface area contributed by atoms with E-state index in [0.29, 0.717) is 12.3 Å². The molecule has 5 rings (SSSR count). The van der Waals surface area contributed by atoms with Gasteiger partial charge in [0.25, 0.3) is 0 Å². The van der Waals surface area contributed by atoms with Gasteiger partial charge in [-0.2, -0.15) is 0 Å². The maximum absolute atomic E-state index is 9.83. The molecule has 0 spiro atoms. The number of nitrogens with zero attached hydrogens (tertiary/aromatic N) is 1. The van der Waals surface area contributed by atoms with Gasteiger partial charge < -0.3 is 9.47 Å². The Kier molecular flexibility index (Phi) is 7.65. The fourth-order valence-electron chi connectivity index (χ4n) is 4.90. The molecule has 1 heterocycles. The van der Waals surface area contributed by atoms with Gasteiger partial charge in [-0.3, -0.25) is 18.7 Å². The molecule has 36 heavy (non-hydrogen) atoms. The van der Waals surface area contributed by atoms with Gasteiger partial charge >= 0.3 is 0 Å². The molecule has 3 aromatic rings. The molecule has 0 unspecified atom stereocenters. The van der Waals surface area contributed by atoms with Crippen molar-refractivity contribution in [3.8, 4) is 5.75 Å². The third-order valence-electron chi connectivity index (χ3n) is 6.63. The van der Waals surface area contributed by atoms with Crippen LogP contribution in [0.3, 0.4) is 0 Å². The zero-order valence-electron chi connectivity index (χ0n) is 20.7. The number of rotatable bonds is 7. The van der Waals surface area contributed by atoms with Gasteiger partial charge in [0.05, 0.1) is 18.9 Å². The number of hydrogen-bond acceptors (Lipinski definition) is 6. The minimum Gasteiger partial charge on any atom is -0.492 e. The zero-order valence-corrected chi connectivity index (χ0v) is 21.5. The Morgan fingerprint density at radius 1 is 0.944 bits per heavy atom. The average Bonchev–Trinajstić information content (AvgIpc) is 3.01. The fraction of sp³-hybridized carbons (Fsp3) is 0.310. The molecule has 0 saturated carbocycles. The number of benzene rings is 3.